The summed E-state index contributed by atoms with van der Waals surface area (Å²) in [5, 5.41) is 11.1. The van der Waals surface area contributed by atoms with Gasteiger partial charge in [0.25, 0.3) is 0 Å². The van der Waals surface area contributed by atoms with E-state index in [-0.39, 0.29) is 18.0 Å². The first kappa shape index (κ1) is 16.5. The van der Waals surface area contributed by atoms with Crippen LogP contribution in [0.15, 0.2) is 23.4 Å². The lowest BCUT2D eigenvalue weighted by Crippen LogP contribution is -2.36. The monoisotopic (exact) mass is 320 g/mol. The highest BCUT2D eigenvalue weighted by atomic mass is 32.2. The van der Waals surface area contributed by atoms with Gasteiger partial charge >= 0.3 is 16.3 Å². The molecule has 0 aromatic heterocycles. The Kier molecular flexibility index (Phi) is 5.30. The van der Waals surface area contributed by atoms with Crippen molar-refractivity contribution in [2.45, 2.75) is 6.92 Å². The van der Waals surface area contributed by atoms with Crippen LogP contribution >= 0.6 is 0 Å². The topological polar surface area (TPSA) is 143 Å². The predicted octanol–water partition coefficient (Wildman–Crippen LogP) is 0.323. The quantitative estimate of drug-likeness (QED) is 0.266. The number of benzene rings is 1. The SMILES string of the molecule is CCOC(=O)NS(=O)(=O)Nc1ccc(/C(N)=N/O)cc1F. The molecule has 0 saturated carbocycles. The molecule has 0 unspecified atom stereocenters. The number of carbonyl (C=O) groups is 1. The smallest absolute Gasteiger partial charge is 0.422 e. The van der Waals surface area contributed by atoms with Crippen LogP contribution in [-0.4, -0.2) is 32.2 Å². The molecule has 116 valence electrons. The molecule has 1 amide bonds. The summed E-state index contributed by atoms with van der Waals surface area (Å²) in [6.45, 7) is 1.47. The van der Waals surface area contributed by atoms with Crippen LogP contribution in [0.3, 0.4) is 0 Å². The Labute approximate surface area is 119 Å². The molecule has 0 heterocycles. The van der Waals surface area contributed by atoms with Gasteiger partial charge in [0.05, 0.1) is 12.3 Å². The van der Waals surface area contributed by atoms with E-state index in [4.69, 9.17) is 10.9 Å². The number of nitrogens with one attached hydrogen (secondary N) is 2. The number of hydrogen-bond donors (Lipinski definition) is 4. The predicted molar refractivity (Wildman–Crippen MR) is 71.6 cm³/mol. The Balaban J connectivity index is 2.91. The van der Waals surface area contributed by atoms with Gasteiger partial charge in [0.2, 0.25) is 0 Å². The summed E-state index contributed by atoms with van der Waals surface area (Å²) in [5.41, 5.74) is 4.88. The largest absolute Gasteiger partial charge is 0.449 e. The number of anilines is 1. The van der Waals surface area contributed by atoms with E-state index >= 15 is 0 Å². The Morgan fingerprint density at radius 1 is 1.52 bits per heavy atom. The van der Waals surface area contributed by atoms with Crippen molar-refractivity contribution in [3.8, 4) is 0 Å². The second kappa shape index (κ2) is 6.74. The Morgan fingerprint density at radius 3 is 2.71 bits per heavy atom. The minimum absolute atomic E-state index is 0.0236. The first-order valence-electron chi connectivity index (χ1n) is 5.53. The number of hydrogen-bond acceptors (Lipinski definition) is 6. The van der Waals surface area contributed by atoms with Gasteiger partial charge < -0.3 is 15.7 Å². The van der Waals surface area contributed by atoms with Gasteiger partial charge in [0.15, 0.2) is 5.84 Å². The lowest BCUT2D eigenvalue weighted by Gasteiger charge is -2.10. The van der Waals surface area contributed by atoms with Gasteiger partial charge in [0, 0.05) is 5.56 Å². The van der Waals surface area contributed by atoms with Crippen molar-refractivity contribution in [2.24, 2.45) is 10.9 Å². The van der Waals surface area contributed by atoms with Crippen molar-refractivity contribution in [3.63, 3.8) is 0 Å². The van der Waals surface area contributed by atoms with E-state index in [0.29, 0.717) is 0 Å². The second-order valence-corrected chi connectivity index (χ2v) is 5.02. The van der Waals surface area contributed by atoms with Gasteiger partial charge in [0.1, 0.15) is 5.82 Å². The van der Waals surface area contributed by atoms with Gasteiger partial charge in [-0.05, 0) is 25.1 Å². The van der Waals surface area contributed by atoms with Crippen LogP contribution in [0.25, 0.3) is 0 Å². The van der Waals surface area contributed by atoms with E-state index in [0.717, 1.165) is 12.1 Å². The molecule has 1 rings (SSSR count). The number of nitrogens with zero attached hydrogens (tertiary/aromatic N) is 1. The number of nitrogens with two attached hydrogens (primary N) is 1. The second-order valence-electron chi connectivity index (χ2n) is 3.61. The number of rotatable bonds is 5. The fraction of sp³-hybridized carbons (Fsp3) is 0.200. The van der Waals surface area contributed by atoms with Crippen LogP contribution in [0.4, 0.5) is 14.9 Å². The number of ether oxygens (including phenoxy) is 1. The van der Waals surface area contributed by atoms with E-state index in [9.17, 15) is 17.6 Å². The first-order valence-corrected chi connectivity index (χ1v) is 7.02. The maximum atomic E-state index is 13.7. The maximum Gasteiger partial charge on any atom is 0.422 e. The zero-order valence-corrected chi connectivity index (χ0v) is 11.6. The number of halogens is 1. The molecule has 0 aliphatic heterocycles. The summed E-state index contributed by atoms with van der Waals surface area (Å²) < 4.78 is 44.5. The molecule has 1 aromatic carbocycles. The van der Waals surface area contributed by atoms with Crippen molar-refractivity contribution in [1.82, 2.24) is 4.72 Å². The molecule has 0 bridgehead atoms. The van der Waals surface area contributed by atoms with Crippen LogP contribution in [-0.2, 0) is 14.9 Å². The van der Waals surface area contributed by atoms with E-state index < -0.39 is 27.8 Å². The first-order chi connectivity index (χ1) is 9.79. The summed E-state index contributed by atoms with van der Waals surface area (Å²) in [5.74, 6) is -1.32. The summed E-state index contributed by atoms with van der Waals surface area (Å²) in [7, 11) is -4.34. The molecule has 21 heavy (non-hydrogen) atoms. The zero-order chi connectivity index (χ0) is 16.0. The average Bonchev–Trinajstić information content (AvgIpc) is 2.39. The van der Waals surface area contributed by atoms with Gasteiger partial charge in [-0.3, -0.25) is 4.72 Å². The van der Waals surface area contributed by atoms with Crippen LogP contribution in [0.2, 0.25) is 0 Å². The minimum atomic E-state index is -4.34. The van der Waals surface area contributed by atoms with Crippen molar-refractivity contribution in [1.29, 1.82) is 0 Å². The average molecular weight is 320 g/mol. The van der Waals surface area contributed by atoms with Crippen LogP contribution in [0.5, 0.6) is 0 Å². The molecule has 0 fully saturated rings. The number of amides is 1. The van der Waals surface area contributed by atoms with Gasteiger partial charge in [-0.2, -0.15) is 8.42 Å². The molecule has 5 N–H and O–H groups in total. The molecular formula is C10H13FN4O5S. The highest BCUT2D eigenvalue weighted by molar-refractivity contribution is 7.91. The molecule has 0 aliphatic carbocycles. The number of carbonyl (C=O) groups excluding carboxylic acids is 1. The van der Waals surface area contributed by atoms with Crippen LogP contribution in [0, 0.1) is 5.82 Å². The molecule has 1 aromatic rings. The molecule has 0 spiro atoms. The standard InChI is InChI=1S/C10H13FN4O5S/c1-2-20-10(16)15-21(18,19)14-8-4-3-6(5-7(8)11)9(12)13-17/h3-5,14,17H,2H2,1H3,(H2,12,13)(H,15,16). The summed E-state index contributed by atoms with van der Waals surface area (Å²) in [4.78, 5) is 11.0. The highest BCUT2D eigenvalue weighted by Crippen LogP contribution is 2.16. The highest BCUT2D eigenvalue weighted by Gasteiger charge is 2.17. The Morgan fingerprint density at radius 2 is 2.19 bits per heavy atom. The van der Waals surface area contributed by atoms with E-state index in [1.165, 1.54) is 17.7 Å². The molecule has 9 nitrogen and oxygen atoms in total. The molecular weight excluding hydrogens is 307 g/mol. The Bertz CT molecular complexity index is 661. The number of amidine groups is 1. The summed E-state index contributed by atoms with van der Waals surface area (Å²) >= 11 is 0. The van der Waals surface area contributed by atoms with E-state index in [2.05, 4.69) is 9.89 Å². The van der Waals surface area contributed by atoms with Crippen LogP contribution in [0.1, 0.15) is 12.5 Å². The van der Waals surface area contributed by atoms with Gasteiger partial charge in [-0.25, -0.2) is 13.9 Å². The lowest BCUT2D eigenvalue weighted by atomic mass is 10.2. The number of oxime groups is 1. The third-order valence-electron chi connectivity index (χ3n) is 2.11. The molecule has 0 radical (unpaired) electrons. The minimum Gasteiger partial charge on any atom is -0.449 e. The maximum absolute atomic E-state index is 13.7. The van der Waals surface area contributed by atoms with Crippen molar-refractivity contribution < 1.29 is 27.5 Å². The lowest BCUT2D eigenvalue weighted by molar-refractivity contribution is 0.159. The summed E-state index contributed by atoms with van der Waals surface area (Å²) in [6, 6.07) is 3.13. The van der Waals surface area contributed by atoms with Gasteiger partial charge in [-0.15, -0.1) is 0 Å². The Hall–Kier alpha value is -2.56. The molecule has 0 saturated heterocycles. The van der Waals surface area contributed by atoms with Crippen molar-refractivity contribution in [2.75, 3.05) is 11.3 Å². The summed E-state index contributed by atoms with van der Waals surface area (Å²) in [6.07, 6.45) is -1.20. The normalized spacial score (nSPS) is 11.8. The van der Waals surface area contributed by atoms with Crippen molar-refractivity contribution in [3.05, 3.63) is 29.6 Å². The third kappa shape index (κ3) is 4.80. The van der Waals surface area contributed by atoms with Gasteiger partial charge in [-0.1, -0.05) is 5.16 Å². The van der Waals surface area contributed by atoms with E-state index in [1.807, 2.05) is 0 Å². The third-order valence-corrected chi connectivity index (χ3v) is 3.03. The fourth-order valence-corrected chi connectivity index (χ4v) is 2.04. The fourth-order valence-electron chi connectivity index (χ4n) is 1.26. The molecule has 0 atom stereocenters. The van der Waals surface area contributed by atoms with E-state index in [1.54, 1.807) is 4.72 Å². The van der Waals surface area contributed by atoms with Crippen LogP contribution < -0.4 is 15.2 Å². The zero-order valence-electron chi connectivity index (χ0n) is 10.8. The molecule has 0 aliphatic rings. The molecule has 11 heteroatoms. The van der Waals surface area contributed by atoms with Crippen molar-refractivity contribution >= 4 is 27.8 Å².